The van der Waals surface area contributed by atoms with Gasteiger partial charge in [-0.2, -0.15) is 0 Å². The Bertz CT molecular complexity index is 609. The van der Waals surface area contributed by atoms with Crippen LogP contribution in [0.2, 0.25) is 0 Å². The zero-order chi connectivity index (χ0) is 15.6. The molecule has 1 aromatic carbocycles. The molecule has 0 aliphatic heterocycles. The lowest BCUT2D eigenvalue weighted by Crippen LogP contribution is -2.43. The Morgan fingerprint density at radius 2 is 1.81 bits per heavy atom. The monoisotopic (exact) mass is 295 g/mol. The number of nitrogens with zero attached hydrogens (tertiary/aromatic N) is 2. The highest BCUT2D eigenvalue weighted by Crippen LogP contribution is 2.37. The Morgan fingerprint density at radius 3 is 2.29 bits per heavy atom. The Balaban J connectivity index is 2.41. The van der Waals surface area contributed by atoms with Gasteiger partial charge in [0.2, 0.25) is 0 Å². The number of aliphatic carboxylic acids is 1. The summed E-state index contributed by atoms with van der Waals surface area (Å²) in [6.07, 6.45) is 2.13. The Kier molecular flexibility index (Phi) is 3.74. The molecule has 21 heavy (non-hydrogen) atoms. The summed E-state index contributed by atoms with van der Waals surface area (Å²) in [5, 5.41) is 33.8. The smallest absolute Gasteiger partial charge is 0.329 e. The average Bonchev–Trinajstić information content (AvgIpc) is 2.88. The van der Waals surface area contributed by atoms with Gasteiger partial charge in [0.25, 0.3) is 11.4 Å². The van der Waals surface area contributed by atoms with Crippen LogP contribution in [0.3, 0.4) is 0 Å². The number of hydrogen-bond donors (Lipinski definition) is 2. The minimum Gasteiger partial charge on any atom is -0.480 e. The third kappa shape index (κ3) is 2.76. The van der Waals surface area contributed by atoms with Crippen molar-refractivity contribution >= 4 is 23.0 Å². The molecule has 0 radical (unpaired) electrons. The number of rotatable bonds is 5. The topological polar surface area (TPSA) is 136 Å². The maximum Gasteiger partial charge on any atom is 0.329 e. The van der Waals surface area contributed by atoms with Crippen molar-refractivity contribution in [2.45, 2.75) is 31.2 Å². The third-order valence-electron chi connectivity index (χ3n) is 3.63. The maximum absolute atomic E-state index is 11.4. The predicted molar refractivity (Wildman–Crippen MR) is 72.2 cm³/mol. The van der Waals surface area contributed by atoms with Gasteiger partial charge in [0.15, 0.2) is 0 Å². The van der Waals surface area contributed by atoms with Crippen LogP contribution in [-0.4, -0.2) is 26.5 Å². The highest BCUT2D eigenvalue weighted by Gasteiger charge is 2.42. The van der Waals surface area contributed by atoms with Gasteiger partial charge in [-0.15, -0.1) is 0 Å². The van der Waals surface area contributed by atoms with Crippen molar-refractivity contribution in [3.63, 3.8) is 0 Å². The third-order valence-corrected chi connectivity index (χ3v) is 3.63. The van der Waals surface area contributed by atoms with Crippen LogP contribution in [0.4, 0.5) is 17.1 Å². The van der Waals surface area contributed by atoms with Crippen molar-refractivity contribution < 1.29 is 19.7 Å². The summed E-state index contributed by atoms with van der Waals surface area (Å²) in [5.41, 5.74) is -2.18. The molecule has 0 amide bonds. The Labute approximate surface area is 118 Å². The van der Waals surface area contributed by atoms with Gasteiger partial charge in [-0.1, -0.05) is 12.8 Å². The summed E-state index contributed by atoms with van der Waals surface area (Å²) < 4.78 is 0. The molecule has 1 aromatic rings. The molecule has 2 rings (SSSR count). The molecule has 1 aliphatic carbocycles. The average molecular weight is 295 g/mol. The normalized spacial score (nSPS) is 16.4. The zero-order valence-electron chi connectivity index (χ0n) is 10.9. The van der Waals surface area contributed by atoms with Gasteiger partial charge in [0.05, 0.1) is 15.9 Å². The van der Waals surface area contributed by atoms with E-state index in [2.05, 4.69) is 5.32 Å². The predicted octanol–water partition coefficient (Wildman–Crippen LogP) is 2.31. The number of carboxylic acid groups (broad SMARTS) is 1. The Hall–Kier alpha value is -2.71. The van der Waals surface area contributed by atoms with Crippen molar-refractivity contribution in [1.82, 2.24) is 0 Å². The number of non-ortho nitro benzene ring substituents is 1. The molecule has 112 valence electrons. The quantitative estimate of drug-likeness (QED) is 0.628. The van der Waals surface area contributed by atoms with Crippen molar-refractivity contribution in [1.29, 1.82) is 0 Å². The van der Waals surface area contributed by atoms with Gasteiger partial charge in [-0.3, -0.25) is 20.2 Å². The van der Waals surface area contributed by atoms with Crippen LogP contribution in [0.1, 0.15) is 25.7 Å². The second kappa shape index (κ2) is 5.35. The van der Waals surface area contributed by atoms with Crippen LogP contribution >= 0.6 is 0 Å². The lowest BCUT2D eigenvalue weighted by atomic mass is 9.97. The van der Waals surface area contributed by atoms with Crippen LogP contribution in [-0.2, 0) is 4.79 Å². The van der Waals surface area contributed by atoms with Crippen LogP contribution < -0.4 is 5.32 Å². The van der Waals surface area contributed by atoms with E-state index in [1.807, 2.05) is 0 Å². The summed E-state index contributed by atoms with van der Waals surface area (Å²) >= 11 is 0. The second-order valence-electron chi connectivity index (χ2n) is 4.94. The molecule has 0 unspecified atom stereocenters. The van der Waals surface area contributed by atoms with E-state index >= 15 is 0 Å². The van der Waals surface area contributed by atoms with Gasteiger partial charge in [-0.25, -0.2) is 4.79 Å². The number of anilines is 1. The highest BCUT2D eigenvalue weighted by atomic mass is 16.6. The van der Waals surface area contributed by atoms with Crippen molar-refractivity contribution in [2.24, 2.45) is 0 Å². The standard InChI is InChI=1S/C12H13N3O6/c16-11(17)12(5-1-2-6-12)13-9-4-3-8(14(18)19)7-10(9)15(20)21/h3-4,7,13H,1-2,5-6H2,(H,16,17). The first-order chi connectivity index (χ1) is 9.85. The van der Waals surface area contributed by atoms with Crippen LogP contribution in [0.5, 0.6) is 0 Å². The van der Waals surface area contributed by atoms with E-state index in [-0.39, 0.29) is 5.69 Å². The molecule has 9 nitrogen and oxygen atoms in total. The highest BCUT2D eigenvalue weighted by molar-refractivity contribution is 5.84. The number of hydrogen-bond acceptors (Lipinski definition) is 6. The molecule has 1 aliphatic rings. The van der Waals surface area contributed by atoms with Gasteiger partial charge >= 0.3 is 5.97 Å². The van der Waals surface area contributed by atoms with Gasteiger partial charge in [-0.05, 0) is 18.9 Å². The first-order valence-corrected chi connectivity index (χ1v) is 6.30. The van der Waals surface area contributed by atoms with Gasteiger partial charge in [0, 0.05) is 6.07 Å². The van der Waals surface area contributed by atoms with E-state index in [0.29, 0.717) is 25.7 Å². The molecule has 0 saturated heterocycles. The molecule has 9 heteroatoms. The molecular weight excluding hydrogens is 282 g/mol. The summed E-state index contributed by atoms with van der Waals surface area (Å²) in [5.74, 6) is -1.08. The number of nitrogens with one attached hydrogen (secondary N) is 1. The minimum atomic E-state index is -1.25. The van der Waals surface area contributed by atoms with Gasteiger partial charge < -0.3 is 10.4 Å². The van der Waals surface area contributed by atoms with Crippen LogP contribution in [0, 0.1) is 20.2 Å². The number of carbonyl (C=O) groups is 1. The molecule has 1 fully saturated rings. The fourth-order valence-corrected chi connectivity index (χ4v) is 2.52. The van der Waals surface area contributed by atoms with E-state index in [9.17, 15) is 30.1 Å². The number of benzene rings is 1. The van der Waals surface area contributed by atoms with Crippen molar-refractivity contribution in [3.8, 4) is 0 Å². The van der Waals surface area contributed by atoms with Gasteiger partial charge in [0.1, 0.15) is 11.2 Å². The van der Waals surface area contributed by atoms with Crippen molar-refractivity contribution in [3.05, 3.63) is 38.4 Å². The first-order valence-electron chi connectivity index (χ1n) is 6.30. The van der Waals surface area contributed by atoms with E-state index in [0.717, 1.165) is 12.1 Å². The summed E-state index contributed by atoms with van der Waals surface area (Å²) in [6.45, 7) is 0. The largest absolute Gasteiger partial charge is 0.480 e. The lowest BCUT2D eigenvalue weighted by molar-refractivity contribution is -0.393. The number of nitro groups is 2. The Morgan fingerprint density at radius 1 is 1.19 bits per heavy atom. The van der Waals surface area contributed by atoms with Crippen LogP contribution in [0.25, 0.3) is 0 Å². The minimum absolute atomic E-state index is 0.0186. The molecule has 0 aromatic heterocycles. The van der Waals surface area contributed by atoms with E-state index < -0.39 is 32.7 Å². The molecule has 0 atom stereocenters. The summed E-state index contributed by atoms with van der Waals surface area (Å²) in [6, 6.07) is 3.12. The number of carboxylic acids is 1. The first kappa shape index (κ1) is 14.7. The van der Waals surface area contributed by atoms with E-state index in [1.54, 1.807) is 0 Å². The molecule has 2 N–H and O–H groups in total. The molecule has 0 spiro atoms. The molecule has 0 bridgehead atoms. The maximum atomic E-state index is 11.4. The fraction of sp³-hybridized carbons (Fsp3) is 0.417. The van der Waals surface area contributed by atoms with E-state index in [1.165, 1.54) is 6.07 Å². The number of nitro benzene ring substituents is 2. The molecular formula is C12H13N3O6. The summed E-state index contributed by atoms with van der Waals surface area (Å²) in [4.78, 5) is 31.7. The fourth-order valence-electron chi connectivity index (χ4n) is 2.52. The summed E-state index contributed by atoms with van der Waals surface area (Å²) in [7, 11) is 0. The second-order valence-corrected chi connectivity index (χ2v) is 4.94. The van der Waals surface area contributed by atoms with Crippen LogP contribution in [0.15, 0.2) is 18.2 Å². The van der Waals surface area contributed by atoms with E-state index in [4.69, 9.17) is 0 Å². The molecule has 0 heterocycles. The zero-order valence-corrected chi connectivity index (χ0v) is 10.9. The molecule has 1 saturated carbocycles. The van der Waals surface area contributed by atoms with Crippen molar-refractivity contribution in [2.75, 3.05) is 5.32 Å². The SMILES string of the molecule is O=C(O)C1(Nc2ccc([N+](=O)[O-])cc2[N+](=O)[O-])CCCC1. The lowest BCUT2D eigenvalue weighted by Gasteiger charge is -2.26.